The molecular weight excluding hydrogens is 324 g/mol. The predicted molar refractivity (Wildman–Crippen MR) is 98.6 cm³/mol. The Morgan fingerprint density at radius 3 is 2.73 bits per heavy atom. The van der Waals surface area contributed by atoms with Gasteiger partial charge in [-0.1, -0.05) is 12.1 Å². The van der Waals surface area contributed by atoms with E-state index in [4.69, 9.17) is 5.10 Å². The molecular formula is C20H14N6. The third-order valence-electron chi connectivity index (χ3n) is 4.34. The Kier molecular flexibility index (Phi) is 3.38. The zero-order chi connectivity index (χ0) is 17.3. The van der Waals surface area contributed by atoms with E-state index in [1.165, 1.54) is 11.9 Å². The molecule has 0 atom stereocenters. The van der Waals surface area contributed by atoms with Gasteiger partial charge in [-0.2, -0.15) is 5.10 Å². The Bertz CT molecular complexity index is 1210. The van der Waals surface area contributed by atoms with Gasteiger partial charge in [-0.15, -0.1) is 0 Å². The lowest BCUT2D eigenvalue weighted by molar-refractivity contribution is 0.875. The molecule has 0 saturated heterocycles. The average molecular weight is 338 g/mol. The van der Waals surface area contributed by atoms with E-state index in [2.05, 4.69) is 38.1 Å². The molecule has 4 aromatic heterocycles. The number of benzene rings is 1. The van der Waals surface area contributed by atoms with Crippen LogP contribution in [0, 0.1) is 0 Å². The molecule has 0 fully saturated rings. The summed E-state index contributed by atoms with van der Waals surface area (Å²) in [7, 11) is 0. The van der Waals surface area contributed by atoms with Crippen LogP contribution in [-0.2, 0) is 6.42 Å². The summed E-state index contributed by atoms with van der Waals surface area (Å²) in [6, 6.07) is 14.2. The van der Waals surface area contributed by atoms with Crippen molar-refractivity contribution >= 4 is 16.6 Å². The van der Waals surface area contributed by atoms with E-state index in [-0.39, 0.29) is 0 Å². The maximum Gasteiger partial charge on any atom is 0.153 e. The minimum absolute atomic E-state index is 0.744. The topological polar surface area (TPSA) is 68.9 Å². The van der Waals surface area contributed by atoms with Crippen LogP contribution in [0.15, 0.2) is 73.6 Å². The van der Waals surface area contributed by atoms with Crippen LogP contribution in [0.5, 0.6) is 0 Å². The Hall–Kier alpha value is -3.67. The highest BCUT2D eigenvalue weighted by Crippen LogP contribution is 2.19. The lowest BCUT2D eigenvalue weighted by Crippen LogP contribution is -2.00. The van der Waals surface area contributed by atoms with Gasteiger partial charge in [-0.25, -0.2) is 19.5 Å². The van der Waals surface area contributed by atoms with Crippen LogP contribution in [0.3, 0.4) is 0 Å². The predicted octanol–water partition coefficient (Wildman–Crippen LogP) is 3.33. The van der Waals surface area contributed by atoms with Crippen molar-refractivity contribution < 1.29 is 0 Å². The summed E-state index contributed by atoms with van der Waals surface area (Å²) in [6.07, 6.45) is 9.46. The number of aromatic nitrogens is 6. The van der Waals surface area contributed by atoms with E-state index in [0.717, 1.165) is 39.9 Å². The largest absolute Gasteiger partial charge is 0.256 e. The second-order valence-electron chi connectivity index (χ2n) is 6.07. The Balaban J connectivity index is 1.55. The highest BCUT2D eigenvalue weighted by molar-refractivity contribution is 5.79. The SMILES string of the molecule is c1cnc2ccc(Cc3cnc4ccc(-c5cncnc5)nn34)cc2c1. The van der Waals surface area contributed by atoms with Crippen molar-refractivity contribution in [2.45, 2.75) is 6.42 Å². The molecule has 1 aromatic carbocycles. The van der Waals surface area contributed by atoms with Crippen LogP contribution in [0.2, 0.25) is 0 Å². The fourth-order valence-electron chi connectivity index (χ4n) is 3.07. The molecule has 6 heteroatoms. The third kappa shape index (κ3) is 2.57. The molecule has 26 heavy (non-hydrogen) atoms. The molecule has 5 rings (SSSR count). The first-order valence-electron chi connectivity index (χ1n) is 8.29. The monoisotopic (exact) mass is 338 g/mol. The zero-order valence-electron chi connectivity index (χ0n) is 13.8. The molecule has 0 amide bonds. The molecule has 6 nitrogen and oxygen atoms in total. The van der Waals surface area contributed by atoms with E-state index in [0.29, 0.717) is 0 Å². The molecule has 4 heterocycles. The normalized spacial score (nSPS) is 11.2. The van der Waals surface area contributed by atoms with Crippen molar-refractivity contribution in [1.82, 2.24) is 29.5 Å². The minimum Gasteiger partial charge on any atom is -0.256 e. The van der Waals surface area contributed by atoms with E-state index in [9.17, 15) is 0 Å². The second-order valence-corrected chi connectivity index (χ2v) is 6.07. The summed E-state index contributed by atoms with van der Waals surface area (Å²) in [6.45, 7) is 0. The van der Waals surface area contributed by atoms with Crippen LogP contribution in [0.25, 0.3) is 27.8 Å². The van der Waals surface area contributed by atoms with Crippen LogP contribution >= 0.6 is 0 Å². The standard InChI is InChI=1S/C20H14N6/c1-2-15-8-14(3-4-18(15)23-7-1)9-17-12-24-20-6-5-19(25-26(17)20)16-10-21-13-22-11-16/h1-8,10-13H,9H2. The molecule has 124 valence electrons. The van der Waals surface area contributed by atoms with Gasteiger partial charge >= 0.3 is 0 Å². The summed E-state index contributed by atoms with van der Waals surface area (Å²) in [5.74, 6) is 0. The van der Waals surface area contributed by atoms with Gasteiger partial charge in [-0.05, 0) is 35.9 Å². The van der Waals surface area contributed by atoms with Crippen LogP contribution in [0.4, 0.5) is 0 Å². The van der Waals surface area contributed by atoms with Gasteiger partial charge in [0.15, 0.2) is 5.65 Å². The van der Waals surface area contributed by atoms with Crippen LogP contribution in [0.1, 0.15) is 11.3 Å². The van der Waals surface area contributed by atoms with Gasteiger partial charge in [0, 0.05) is 36.0 Å². The van der Waals surface area contributed by atoms with Crippen molar-refractivity contribution in [3.63, 3.8) is 0 Å². The van der Waals surface area contributed by atoms with Crippen molar-refractivity contribution in [2.24, 2.45) is 0 Å². The molecule has 0 radical (unpaired) electrons. The smallest absolute Gasteiger partial charge is 0.153 e. The first-order valence-corrected chi connectivity index (χ1v) is 8.29. The van der Waals surface area contributed by atoms with Gasteiger partial charge in [0.1, 0.15) is 6.33 Å². The Morgan fingerprint density at radius 1 is 0.885 bits per heavy atom. The molecule has 0 unspecified atom stereocenters. The summed E-state index contributed by atoms with van der Waals surface area (Å²) in [4.78, 5) is 17.0. The zero-order valence-corrected chi connectivity index (χ0v) is 13.8. The van der Waals surface area contributed by atoms with Crippen LogP contribution in [-0.4, -0.2) is 29.5 Å². The number of hydrogen-bond acceptors (Lipinski definition) is 5. The van der Waals surface area contributed by atoms with Crippen molar-refractivity contribution in [3.8, 4) is 11.3 Å². The number of pyridine rings is 1. The first kappa shape index (κ1) is 14.7. The van der Waals surface area contributed by atoms with E-state index in [1.54, 1.807) is 12.4 Å². The molecule has 0 saturated carbocycles. The Labute approximate surface area is 149 Å². The minimum atomic E-state index is 0.744. The quantitative estimate of drug-likeness (QED) is 0.505. The van der Waals surface area contributed by atoms with E-state index < -0.39 is 0 Å². The highest BCUT2D eigenvalue weighted by Gasteiger charge is 2.09. The van der Waals surface area contributed by atoms with Gasteiger partial charge in [0.25, 0.3) is 0 Å². The van der Waals surface area contributed by atoms with Crippen molar-refractivity contribution in [3.05, 3.63) is 84.8 Å². The van der Waals surface area contributed by atoms with Gasteiger partial charge in [0.05, 0.1) is 23.1 Å². The third-order valence-corrected chi connectivity index (χ3v) is 4.34. The lowest BCUT2D eigenvalue weighted by atomic mass is 10.1. The average Bonchev–Trinajstić information content (AvgIpc) is 3.10. The maximum atomic E-state index is 4.73. The number of fused-ring (bicyclic) bond motifs is 2. The van der Waals surface area contributed by atoms with E-state index in [1.807, 2.05) is 41.2 Å². The Morgan fingerprint density at radius 2 is 1.81 bits per heavy atom. The lowest BCUT2D eigenvalue weighted by Gasteiger charge is -2.05. The van der Waals surface area contributed by atoms with Gasteiger partial charge in [-0.3, -0.25) is 4.98 Å². The molecule has 0 aliphatic heterocycles. The molecule has 0 spiro atoms. The van der Waals surface area contributed by atoms with Crippen molar-refractivity contribution in [2.75, 3.05) is 0 Å². The first-order chi connectivity index (χ1) is 12.9. The summed E-state index contributed by atoms with van der Waals surface area (Å²) in [5, 5.41) is 5.86. The summed E-state index contributed by atoms with van der Waals surface area (Å²) >= 11 is 0. The van der Waals surface area contributed by atoms with Crippen molar-refractivity contribution in [1.29, 1.82) is 0 Å². The molecule has 5 aromatic rings. The number of imidazole rings is 1. The molecule has 0 N–H and O–H groups in total. The molecule has 0 aliphatic carbocycles. The fourth-order valence-corrected chi connectivity index (χ4v) is 3.07. The summed E-state index contributed by atoms with van der Waals surface area (Å²) < 4.78 is 1.88. The van der Waals surface area contributed by atoms with Gasteiger partial charge in [0.2, 0.25) is 0 Å². The molecule has 0 aliphatic rings. The van der Waals surface area contributed by atoms with Crippen LogP contribution < -0.4 is 0 Å². The summed E-state index contributed by atoms with van der Waals surface area (Å²) in [5.41, 5.74) is 5.75. The highest BCUT2D eigenvalue weighted by atomic mass is 15.3. The fraction of sp³-hybridized carbons (Fsp3) is 0.0500. The van der Waals surface area contributed by atoms with E-state index >= 15 is 0 Å². The maximum absolute atomic E-state index is 4.73. The number of nitrogens with zero attached hydrogens (tertiary/aromatic N) is 6. The van der Waals surface area contributed by atoms with Gasteiger partial charge < -0.3 is 0 Å². The second kappa shape index (κ2) is 6.00. The molecule has 0 bridgehead atoms. The number of hydrogen-bond donors (Lipinski definition) is 0. The number of rotatable bonds is 3.